The first-order valence-electron chi connectivity index (χ1n) is 6.58. The van der Waals surface area contributed by atoms with Gasteiger partial charge in [-0.2, -0.15) is 0 Å². The maximum absolute atomic E-state index is 5.21. The van der Waals surface area contributed by atoms with Crippen molar-refractivity contribution < 1.29 is 9.37 Å². The molecule has 0 spiro atoms. The van der Waals surface area contributed by atoms with Crippen molar-refractivity contribution in [3.05, 3.63) is 30.4 Å². The zero-order valence-electron chi connectivity index (χ0n) is 11.4. The molecule has 0 aliphatic carbocycles. The molecule has 0 atom stereocenters. The lowest BCUT2D eigenvalue weighted by Crippen LogP contribution is -2.46. The molecule has 3 rings (SSSR count). The lowest BCUT2D eigenvalue weighted by molar-refractivity contribution is 0.237. The highest BCUT2D eigenvalue weighted by atomic mass is 16.6. The van der Waals surface area contributed by atoms with Crippen LogP contribution in [0.3, 0.4) is 0 Å². The molecule has 1 saturated heterocycles. The number of hydrogen-bond donors (Lipinski definition) is 0. The van der Waals surface area contributed by atoms with Crippen molar-refractivity contribution in [1.82, 2.24) is 20.2 Å². The molecule has 0 radical (unpaired) electrons. The average Bonchev–Trinajstić information content (AvgIpc) is 3.01. The maximum atomic E-state index is 5.21. The molecule has 0 amide bonds. The number of anilines is 1. The molecule has 7 heteroatoms. The molecular formula is C13H17N5O2. The van der Waals surface area contributed by atoms with E-state index in [9.17, 15) is 0 Å². The second kappa shape index (κ2) is 5.87. The topological polar surface area (TPSA) is 67.5 Å². The summed E-state index contributed by atoms with van der Waals surface area (Å²) in [6.07, 6.45) is 5.26. The second-order valence-electron chi connectivity index (χ2n) is 4.74. The first-order valence-corrected chi connectivity index (χ1v) is 6.58. The molecule has 0 saturated carbocycles. The average molecular weight is 275 g/mol. The number of hydrogen-bond acceptors (Lipinski definition) is 7. The van der Waals surface area contributed by atoms with E-state index in [1.807, 2.05) is 12.3 Å². The van der Waals surface area contributed by atoms with Gasteiger partial charge in [-0.1, -0.05) is 10.3 Å². The van der Waals surface area contributed by atoms with Gasteiger partial charge in [-0.25, -0.2) is 4.63 Å². The van der Waals surface area contributed by atoms with Gasteiger partial charge in [0, 0.05) is 38.8 Å². The van der Waals surface area contributed by atoms with Crippen molar-refractivity contribution >= 4 is 5.69 Å². The number of nitrogens with zero attached hydrogens (tertiary/aromatic N) is 5. The van der Waals surface area contributed by atoms with Crippen LogP contribution >= 0.6 is 0 Å². The van der Waals surface area contributed by atoms with Gasteiger partial charge in [0.1, 0.15) is 11.4 Å². The molecule has 20 heavy (non-hydrogen) atoms. The maximum Gasteiger partial charge on any atom is 0.139 e. The summed E-state index contributed by atoms with van der Waals surface area (Å²) in [7, 11) is 1.66. The molecule has 0 aromatic carbocycles. The monoisotopic (exact) mass is 275 g/mol. The summed E-state index contributed by atoms with van der Waals surface area (Å²) in [5, 5.41) is 7.47. The predicted molar refractivity (Wildman–Crippen MR) is 72.6 cm³/mol. The molecule has 1 aliphatic heterocycles. The molecule has 2 aromatic rings. The van der Waals surface area contributed by atoms with Gasteiger partial charge in [-0.15, -0.1) is 0 Å². The fourth-order valence-electron chi connectivity index (χ4n) is 2.34. The van der Waals surface area contributed by atoms with Crippen LogP contribution in [0.4, 0.5) is 5.69 Å². The summed E-state index contributed by atoms with van der Waals surface area (Å²) in [5.41, 5.74) is 1.98. The molecular weight excluding hydrogens is 258 g/mol. The van der Waals surface area contributed by atoms with E-state index in [1.165, 1.54) is 0 Å². The van der Waals surface area contributed by atoms with E-state index in [-0.39, 0.29) is 0 Å². The molecule has 1 fully saturated rings. The van der Waals surface area contributed by atoms with Crippen LogP contribution in [0, 0.1) is 0 Å². The normalized spacial score (nSPS) is 16.4. The fourth-order valence-corrected chi connectivity index (χ4v) is 2.34. The number of piperazine rings is 1. The first kappa shape index (κ1) is 12.9. The Bertz CT molecular complexity index is 537. The van der Waals surface area contributed by atoms with Crippen molar-refractivity contribution in [2.75, 3.05) is 38.2 Å². The van der Waals surface area contributed by atoms with Crippen LogP contribution in [0.25, 0.3) is 0 Å². The van der Waals surface area contributed by atoms with Gasteiger partial charge < -0.3 is 9.64 Å². The van der Waals surface area contributed by atoms with E-state index in [0.29, 0.717) is 0 Å². The third kappa shape index (κ3) is 2.88. The lowest BCUT2D eigenvalue weighted by Gasteiger charge is -2.35. The van der Waals surface area contributed by atoms with Crippen LogP contribution in [0.2, 0.25) is 0 Å². The number of aromatic nitrogens is 3. The summed E-state index contributed by atoms with van der Waals surface area (Å²) in [6, 6.07) is 2.02. The Morgan fingerprint density at radius 1 is 1.20 bits per heavy atom. The van der Waals surface area contributed by atoms with Gasteiger partial charge in [0.2, 0.25) is 0 Å². The minimum atomic E-state index is 0.785. The van der Waals surface area contributed by atoms with Crippen LogP contribution in [-0.4, -0.2) is 53.5 Å². The van der Waals surface area contributed by atoms with Gasteiger partial charge in [0.25, 0.3) is 0 Å². The summed E-state index contributed by atoms with van der Waals surface area (Å²) in [5.74, 6) is 0.790. The summed E-state index contributed by atoms with van der Waals surface area (Å²) in [4.78, 5) is 8.85. The van der Waals surface area contributed by atoms with Crippen LogP contribution in [0.1, 0.15) is 5.69 Å². The van der Waals surface area contributed by atoms with E-state index in [1.54, 1.807) is 19.5 Å². The highest BCUT2D eigenvalue weighted by Gasteiger charge is 2.18. The highest BCUT2D eigenvalue weighted by Crippen LogP contribution is 2.20. The first-order chi connectivity index (χ1) is 9.85. The van der Waals surface area contributed by atoms with Crippen molar-refractivity contribution in [3.8, 4) is 5.75 Å². The Hall–Kier alpha value is -2.15. The fraction of sp³-hybridized carbons (Fsp3) is 0.462. The van der Waals surface area contributed by atoms with E-state index < -0.39 is 0 Å². The Kier molecular flexibility index (Phi) is 3.78. The van der Waals surface area contributed by atoms with Crippen molar-refractivity contribution in [3.63, 3.8) is 0 Å². The number of rotatable bonds is 4. The van der Waals surface area contributed by atoms with Crippen molar-refractivity contribution in [1.29, 1.82) is 0 Å². The van der Waals surface area contributed by atoms with Crippen LogP contribution in [-0.2, 0) is 6.54 Å². The molecule has 106 valence electrons. The van der Waals surface area contributed by atoms with Gasteiger partial charge >= 0.3 is 0 Å². The van der Waals surface area contributed by atoms with E-state index >= 15 is 0 Å². The number of ether oxygens (including phenoxy) is 1. The zero-order chi connectivity index (χ0) is 13.8. The quantitative estimate of drug-likeness (QED) is 0.817. The van der Waals surface area contributed by atoms with E-state index in [2.05, 4.69) is 29.7 Å². The smallest absolute Gasteiger partial charge is 0.139 e. The molecule has 0 bridgehead atoms. The minimum absolute atomic E-state index is 0.785. The molecule has 0 N–H and O–H groups in total. The minimum Gasteiger partial charge on any atom is -0.495 e. The third-order valence-corrected chi connectivity index (χ3v) is 3.46. The van der Waals surface area contributed by atoms with Gasteiger partial charge in [-0.3, -0.25) is 9.88 Å². The largest absolute Gasteiger partial charge is 0.495 e. The second-order valence-corrected chi connectivity index (χ2v) is 4.74. The van der Waals surface area contributed by atoms with Gasteiger partial charge in [-0.05, 0) is 0 Å². The predicted octanol–water partition coefficient (Wildman–Crippen LogP) is 0.795. The standard InChI is InChI=1S/C13H17N5O2/c1-19-13-6-12(8-14-9-13)18-4-2-17(3-5-18)10-11-7-15-20-16-11/h6-9H,2-5,10H2,1H3. The van der Waals surface area contributed by atoms with Crippen LogP contribution < -0.4 is 9.64 Å². The lowest BCUT2D eigenvalue weighted by atomic mass is 10.2. The van der Waals surface area contributed by atoms with Crippen molar-refractivity contribution in [2.45, 2.75) is 6.54 Å². The Labute approximate surface area is 117 Å². The zero-order valence-corrected chi connectivity index (χ0v) is 11.4. The summed E-state index contributed by atoms with van der Waals surface area (Å²) >= 11 is 0. The molecule has 3 heterocycles. The van der Waals surface area contributed by atoms with Crippen molar-refractivity contribution in [2.24, 2.45) is 0 Å². The third-order valence-electron chi connectivity index (χ3n) is 3.46. The molecule has 1 aliphatic rings. The summed E-state index contributed by atoms with van der Waals surface area (Å²) in [6.45, 7) is 4.65. The Morgan fingerprint density at radius 3 is 2.75 bits per heavy atom. The van der Waals surface area contributed by atoms with Crippen LogP contribution in [0.15, 0.2) is 29.3 Å². The van der Waals surface area contributed by atoms with E-state index in [4.69, 9.17) is 4.74 Å². The highest BCUT2D eigenvalue weighted by molar-refractivity contribution is 5.48. The Morgan fingerprint density at radius 2 is 2.05 bits per heavy atom. The van der Waals surface area contributed by atoms with Crippen LogP contribution in [0.5, 0.6) is 5.75 Å². The van der Waals surface area contributed by atoms with Gasteiger partial charge in [0.05, 0.1) is 31.4 Å². The number of methoxy groups -OCH3 is 1. The molecule has 7 nitrogen and oxygen atoms in total. The Balaban J connectivity index is 1.57. The molecule has 2 aromatic heterocycles. The SMILES string of the molecule is COc1cncc(N2CCN(Cc3cnon3)CC2)c1. The number of pyridine rings is 1. The molecule has 0 unspecified atom stereocenters. The van der Waals surface area contributed by atoms with E-state index in [0.717, 1.165) is 49.9 Å². The van der Waals surface area contributed by atoms with Gasteiger partial charge in [0.15, 0.2) is 0 Å². The summed E-state index contributed by atoms with van der Waals surface area (Å²) < 4.78 is 9.82.